The number of pyridine rings is 1. The number of hydrogen-bond donors (Lipinski definition) is 1. The van der Waals surface area contributed by atoms with Gasteiger partial charge in [-0.1, -0.05) is 6.42 Å². The van der Waals surface area contributed by atoms with Gasteiger partial charge < -0.3 is 0 Å². The van der Waals surface area contributed by atoms with Gasteiger partial charge >= 0.3 is 0 Å². The maximum Gasteiger partial charge on any atom is 0.144 e. The Morgan fingerprint density at radius 3 is 3.00 bits per heavy atom. The Kier molecular flexibility index (Phi) is 3.09. The quantitative estimate of drug-likeness (QED) is 0.831. The minimum atomic E-state index is -1.29. The van der Waals surface area contributed by atoms with Crippen LogP contribution in [0.15, 0.2) is 23.4 Å². The van der Waals surface area contributed by atoms with E-state index in [1.807, 2.05) is 6.07 Å². The minimum absolute atomic E-state index is 0.346. The molecular weight excluding hydrogens is 210 g/mol. The molecule has 2 rings (SSSR count). The largest absolute Gasteiger partial charge is 0.246 e. The Labute approximate surface area is 90.9 Å². The van der Waals surface area contributed by atoms with E-state index in [1.165, 1.54) is 12.6 Å². The van der Waals surface area contributed by atoms with E-state index in [9.17, 15) is 4.21 Å². The number of aromatic nitrogens is 1. The summed E-state index contributed by atoms with van der Waals surface area (Å²) in [4.78, 5) is 3.98. The Hall–Kier alpha value is -1.25. The van der Waals surface area contributed by atoms with Gasteiger partial charge in [-0.25, -0.2) is 13.9 Å². The molecule has 0 amide bonds. The Bertz CT molecular complexity index is 423. The molecule has 1 atom stereocenters. The van der Waals surface area contributed by atoms with Crippen molar-refractivity contribution < 1.29 is 4.21 Å². The third-order valence-electron chi connectivity index (χ3n) is 2.43. The van der Waals surface area contributed by atoms with Crippen molar-refractivity contribution in [3.8, 4) is 6.07 Å². The summed E-state index contributed by atoms with van der Waals surface area (Å²) in [7, 11) is -1.29. The lowest BCUT2D eigenvalue weighted by Gasteiger charge is -2.25. The van der Waals surface area contributed by atoms with Crippen LogP contribution in [0.1, 0.15) is 24.8 Å². The van der Waals surface area contributed by atoms with Gasteiger partial charge in [0.1, 0.15) is 16.0 Å². The fourth-order valence-electron chi connectivity index (χ4n) is 1.32. The van der Waals surface area contributed by atoms with Crippen molar-refractivity contribution in [3.63, 3.8) is 0 Å². The van der Waals surface area contributed by atoms with Crippen LogP contribution in [0, 0.1) is 11.3 Å². The Morgan fingerprint density at radius 2 is 2.40 bits per heavy atom. The summed E-state index contributed by atoms with van der Waals surface area (Å²) in [5.74, 6) is 0. The van der Waals surface area contributed by atoms with Gasteiger partial charge in [0, 0.05) is 12.2 Å². The third-order valence-corrected chi connectivity index (χ3v) is 3.58. The van der Waals surface area contributed by atoms with Gasteiger partial charge in [-0.05, 0) is 25.0 Å². The Balaban J connectivity index is 2.07. The zero-order valence-corrected chi connectivity index (χ0v) is 8.96. The van der Waals surface area contributed by atoms with E-state index in [2.05, 4.69) is 9.71 Å². The summed E-state index contributed by atoms with van der Waals surface area (Å²) >= 11 is 0. The van der Waals surface area contributed by atoms with E-state index >= 15 is 0 Å². The number of hydrogen-bond acceptors (Lipinski definition) is 3. The first-order chi connectivity index (χ1) is 7.29. The fourth-order valence-corrected chi connectivity index (χ4v) is 2.37. The molecule has 1 aromatic rings. The van der Waals surface area contributed by atoms with E-state index < -0.39 is 11.0 Å². The minimum Gasteiger partial charge on any atom is -0.246 e. The highest BCUT2D eigenvalue weighted by Crippen LogP contribution is 2.19. The van der Waals surface area contributed by atoms with E-state index in [-0.39, 0.29) is 0 Å². The molecule has 4 nitrogen and oxygen atoms in total. The molecule has 0 saturated heterocycles. The smallest absolute Gasteiger partial charge is 0.144 e. The highest BCUT2D eigenvalue weighted by Gasteiger charge is 2.20. The summed E-state index contributed by atoms with van der Waals surface area (Å²) in [6.45, 7) is 0. The first-order valence-electron chi connectivity index (χ1n) is 4.83. The molecule has 5 heteroatoms. The summed E-state index contributed by atoms with van der Waals surface area (Å²) in [6.07, 6.45) is 4.85. The molecule has 78 valence electrons. The molecule has 1 saturated carbocycles. The van der Waals surface area contributed by atoms with Gasteiger partial charge in [-0.3, -0.25) is 0 Å². The monoisotopic (exact) mass is 221 g/mol. The van der Waals surface area contributed by atoms with Crippen molar-refractivity contribution in [3.05, 3.63) is 23.9 Å². The predicted octanol–water partition coefficient (Wildman–Crippen LogP) is 1.12. The van der Waals surface area contributed by atoms with Crippen LogP contribution >= 0.6 is 0 Å². The van der Waals surface area contributed by atoms with Crippen LogP contribution in [0.3, 0.4) is 0 Å². The SMILES string of the molecule is N#Cc1ccnc(S(=O)NC2CCC2)c1. The molecule has 1 N–H and O–H groups in total. The van der Waals surface area contributed by atoms with Crippen LogP contribution in [0.4, 0.5) is 0 Å². The van der Waals surface area contributed by atoms with E-state index in [1.54, 1.807) is 12.1 Å². The van der Waals surface area contributed by atoms with Gasteiger partial charge in [0.15, 0.2) is 0 Å². The van der Waals surface area contributed by atoms with Gasteiger partial charge in [0.2, 0.25) is 0 Å². The maximum atomic E-state index is 11.7. The molecule has 1 unspecified atom stereocenters. The molecule has 1 aromatic heterocycles. The lowest BCUT2D eigenvalue weighted by molar-refractivity contribution is 0.390. The molecule has 15 heavy (non-hydrogen) atoms. The molecule has 0 aromatic carbocycles. The molecule has 1 heterocycles. The summed E-state index contributed by atoms with van der Waals surface area (Å²) in [5, 5.41) is 9.12. The standard InChI is InChI=1S/C10H11N3OS/c11-7-8-4-5-12-10(6-8)15(14)13-9-2-1-3-9/h4-6,9,13H,1-3H2. The highest BCUT2D eigenvalue weighted by molar-refractivity contribution is 7.83. The molecule has 1 aliphatic carbocycles. The lowest BCUT2D eigenvalue weighted by Crippen LogP contribution is -2.36. The second-order valence-electron chi connectivity index (χ2n) is 3.51. The van der Waals surface area contributed by atoms with Crippen molar-refractivity contribution in [1.82, 2.24) is 9.71 Å². The Morgan fingerprint density at radius 1 is 1.60 bits per heavy atom. The topological polar surface area (TPSA) is 65.8 Å². The average molecular weight is 221 g/mol. The van der Waals surface area contributed by atoms with Crippen LogP contribution in [-0.4, -0.2) is 15.2 Å². The molecular formula is C10H11N3OS. The predicted molar refractivity (Wildman–Crippen MR) is 56.1 cm³/mol. The van der Waals surface area contributed by atoms with Crippen molar-refractivity contribution in [2.45, 2.75) is 30.3 Å². The van der Waals surface area contributed by atoms with Gasteiger partial charge in [-0.15, -0.1) is 0 Å². The fraction of sp³-hybridized carbons (Fsp3) is 0.400. The number of nitrogens with one attached hydrogen (secondary N) is 1. The van der Waals surface area contributed by atoms with E-state index in [0.717, 1.165) is 12.8 Å². The third kappa shape index (κ3) is 2.41. The number of nitrogens with zero attached hydrogens (tertiary/aromatic N) is 2. The molecule has 0 spiro atoms. The normalized spacial score (nSPS) is 17.8. The first-order valence-corrected chi connectivity index (χ1v) is 5.98. The summed E-state index contributed by atoms with van der Waals surface area (Å²) in [6, 6.07) is 5.51. The average Bonchev–Trinajstić information content (AvgIpc) is 2.23. The zero-order chi connectivity index (χ0) is 10.7. The molecule has 0 radical (unpaired) electrons. The van der Waals surface area contributed by atoms with E-state index in [0.29, 0.717) is 16.6 Å². The van der Waals surface area contributed by atoms with E-state index in [4.69, 9.17) is 5.26 Å². The summed E-state index contributed by atoms with van der Waals surface area (Å²) in [5.41, 5.74) is 0.490. The second kappa shape index (κ2) is 4.51. The summed E-state index contributed by atoms with van der Waals surface area (Å²) < 4.78 is 14.7. The van der Waals surface area contributed by atoms with Crippen molar-refractivity contribution in [2.24, 2.45) is 0 Å². The second-order valence-corrected chi connectivity index (χ2v) is 4.70. The van der Waals surface area contributed by atoms with Crippen LogP contribution < -0.4 is 4.72 Å². The maximum absolute atomic E-state index is 11.7. The molecule has 1 aliphatic rings. The van der Waals surface area contributed by atoms with Crippen molar-refractivity contribution >= 4 is 11.0 Å². The highest BCUT2D eigenvalue weighted by atomic mass is 32.2. The van der Waals surface area contributed by atoms with Crippen molar-refractivity contribution in [1.29, 1.82) is 5.26 Å². The molecule has 0 aliphatic heterocycles. The molecule has 1 fully saturated rings. The van der Waals surface area contributed by atoms with Gasteiger partial charge in [0.05, 0.1) is 11.6 Å². The van der Waals surface area contributed by atoms with Crippen LogP contribution in [0.2, 0.25) is 0 Å². The number of rotatable bonds is 3. The number of nitriles is 1. The molecule has 0 bridgehead atoms. The van der Waals surface area contributed by atoms with Gasteiger partial charge in [0.25, 0.3) is 0 Å². The van der Waals surface area contributed by atoms with Gasteiger partial charge in [-0.2, -0.15) is 5.26 Å². The van der Waals surface area contributed by atoms with Crippen molar-refractivity contribution in [2.75, 3.05) is 0 Å². The lowest BCUT2D eigenvalue weighted by atomic mass is 9.94. The first kappa shape index (κ1) is 10.3. The zero-order valence-electron chi connectivity index (χ0n) is 8.14. The van der Waals surface area contributed by atoms with Crippen LogP contribution in [-0.2, 0) is 11.0 Å². The van der Waals surface area contributed by atoms with Crippen LogP contribution in [0.5, 0.6) is 0 Å². The van der Waals surface area contributed by atoms with Crippen LogP contribution in [0.25, 0.3) is 0 Å².